The molecule has 0 saturated heterocycles. The van der Waals surface area contributed by atoms with E-state index in [1.807, 2.05) is 0 Å². The maximum atomic E-state index is 11.2. The third kappa shape index (κ3) is 4.81. The second-order valence-electron chi connectivity index (χ2n) is 3.34. The number of rotatable bonds is 6. The minimum absolute atomic E-state index is 0.125. The molecule has 2 atom stereocenters. The predicted octanol–water partition coefficient (Wildman–Crippen LogP) is -0.179. The number of carbonyl (C=O) groups excluding carboxylic acids is 1. The lowest BCUT2D eigenvalue weighted by molar-refractivity contribution is -0.142. The standard InChI is InChI=1S/C9H18N2O3/c1-6(9(13)14)7(2)11-8(12)4-5-10-3/h6-7,10H,4-5H2,1-3H3,(H,11,12)(H,13,14). The van der Waals surface area contributed by atoms with E-state index in [0.717, 1.165) is 0 Å². The number of hydrogen-bond donors (Lipinski definition) is 3. The van der Waals surface area contributed by atoms with Gasteiger partial charge in [0.15, 0.2) is 0 Å². The third-order valence-electron chi connectivity index (χ3n) is 2.13. The molecule has 0 saturated carbocycles. The van der Waals surface area contributed by atoms with Crippen LogP contribution in [0.1, 0.15) is 20.3 Å². The molecular formula is C9H18N2O3. The molecule has 0 bridgehead atoms. The Morgan fingerprint density at radius 3 is 2.36 bits per heavy atom. The molecule has 0 heterocycles. The number of carbonyl (C=O) groups is 2. The van der Waals surface area contributed by atoms with Crippen LogP contribution in [0, 0.1) is 5.92 Å². The molecule has 0 rings (SSSR count). The van der Waals surface area contributed by atoms with Gasteiger partial charge < -0.3 is 15.7 Å². The average molecular weight is 202 g/mol. The highest BCUT2D eigenvalue weighted by Gasteiger charge is 2.20. The van der Waals surface area contributed by atoms with Crippen LogP contribution in [0.25, 0.3) is 0 Å². The zero-order valence-corrected chi connectivity index (χ0v) is 8.83. The summed E-state index contributed by atoms with van der Waals surface area (Å²) in [4.78, 5) is 21.8. The number of amides is 1. The first-order chi connectivity index (χ1) is 6.49. The summed E-state index contributed by atoms with van der Waals surface area (Å²) in [6, 6.07) is -0.336. The maximum Gasteiger partial charge on any atom is 0.308 e. The van der Waals surface area contributed by atoms with Gasteiger partial charge in [-0.2, -0.15) is 0 Å². The Morgan fingerprint density at radius 2 is 1.93 bits per heavy atom. The van der Waals surface area contributed by atoms with Crippen LogP contribution in [0.15, 0.2) is 0 Å². The molecule has 14 heavy (non-hydrogen) atoms. The summed E-state index contributed by atoms with van der Waals surface area (Å²) in [5.41, 5.74) is 0. The van der Waals surface area contributed by atoms with Crippen LogP contribution in [-0.4, -0.2) is 36.6 Å². The Kier molecular flexibility index (Phi) is 5.87. The van der Waals surface area contributed by atoms with E-state index < -0.39 is 11.9 Å². The largest absolute Gasteiger partial charge is 0.481 e. The van der Waals surface area contributed by atoms with Crippen molar-refractivity contribution < 1.29 is 14.7 Å². The molecule has 0 aliphatic rings. The summed E-state index contributed by atoms with van der Waals surface area (Å²) in [6.45, 7) is 3.86. The smallest absolute Gasteiger partial charge is 0.308 e. The Hall–Kier alpha value is -1.10. The van der Waals surface area contributed by atoms with Gasteiger partial charge in [-0.3, -0.25) is 9.59 Å². The lowest BCUT2D eigenvalue weighted by atomic mass is 10.0. The highest BCUT2D eigenvalue weighted by molar-refractivity contribution is 5.78. The van der Waals surface area contributed by atoms with Crippen molar-refractivity contribution in [2.75, 3.05) is 13.6 Å². The van der Waals surface area contributed by atoms with Gasteiger partial charge in [0.2, 0.25) is 5.91 Å². The van der Waals surface area contributed by atoms with Crippen LogP contribution >= 0.6 is 0 Å². The molecule has 0 aromatic rings. The van der Waals surface area contributed by atoms with E-state index in [-0.39, 0.29) is 11.9 Å². The van der Waals surface area contributed by atoms with Gasteiger partial charge in [-0.1, -0.05) is 0 Å². The lowest BCUT2D eigenvalue weighted by Gasteiger charge is -2.17. The van der Waals surface area contributed by atoms with Gasteiger partial charge in [-0.15, -0.1) is 0 Å². The van der Waals surface area contributed by atoms with Gasteiger partial charge in [-0.05, 0) is 20.9 Å². The normalized spacial score (nSPS) is 14.5. The zero-order chi connectivity index (χ0) is 11.1. The van der Waals surface area contributed by atoms with Crippen LogP contribution in [-0.2, 0) is 9.59 Å². The van der Waals surface area contributed by atoms with Crippen LogP contribution in [0.5, 0.6) is 0 Å². The Balaban J connectivity index is 3.86. The van der Waals surface area contributed by atoms with E-state index in [2.05, 4.69) is 10.6 Å². The summed E-state index contributed by atoms with van der Waals surface area (Å²) < 4.78 is 0. The molecule has 0 fully saturated rings. The Labute approximate surface area is 83.9 Å². The van der Waals surface area contributed by atoms with Crippen LogP contribution in [0.3, 0.4) is 0 Å². The molecule has 3 N–H and O–H groups in total. The number of carboxylic acid groups (broad SMARTS) is 1. The summed E-state index contributed by atoms with van der Waals surface area (Å²) >= 11 is 0. The van der Waals surface area contributed by atoms with Crippen molar-refractivity contribution in [3.63, 3.8) is 0 Å². The molecule has 0 spiro atoms. The maximum absolute atomic E-state index is 11.2. The van der Waals surface area contributed by atoms with Gasteiger partial charge in [-0.25, -0.2) is 0 Å². The summed E-state index contributed by atoms with van der Waals surface area (Å²) in [7, 11) is 1.76. The van der Waals surface area contributed by atoms with Crippen LogP contribution < -0.4 is 10.6 Å². The number of carboxylic acids is 1. The molecule has 5 heteroatoms. The number of nitrogens with one attached hydrogen (secondary N) is 2. The molecule has 0 aliphatic carbocycles. The fourth-order valence-corrected chi connectivity index (χ4v) is 0.903. The minimum Gasteiger partial charge on any atom is -0.481 e. The molecule has 5 nitrogen and oxygen atoms in total. The van der Waals surface area contributed by atoms with Crippen molar-refractivity contribution >= 4 is 11.9 Å². The summed E-state index contributed by atoms with van der Waals surface area (Å²) in [6.07, 6.45) is 0.368. The molecule has 0 aromatic carbocycles. The van der Waals surface area contributed by atoms with Crippen molar-refractivity contribution in [2.24, 2.45) is 5.92 Å². The Bertz CT molecular complexity index is 206. The quantitative estimate of drug-likeness (QED) is 0.558. The summed E-state index contributed by atoms with van der Waals surface area (Å²) in [5.74, 6) is -1.58. The molecule has 0 aliphatic heterocycles. The van der Waals surface area contributed by atoms with Crippen LogP contribution in [0.2, 0.25) is 0 Å². The fourth-order valence-electron chi connectivity index (χ4n) is 0.903. The van der Waals surface area contributed by atoms with Gasteiger partial charge in [0.1, 0.15) is 0 Å². The minimum atomic E-state index is -0.897. The molecular weight excluding hydrogens is 184 g/mol. The van der Waals surface area contributed by atoms with E-state index >= 15 is 0 Å². The van der Waals surface area contributed by atoms with E-state index in [1.165, 1.54) is 0 Å². The second kappa shape index (κ2) is 6.37. The molecule has 0 aromatic heterocycles. The zero-order valence-electron chi connectivity index (χ0n) is 8.83. The molecule has 2 unspecified atom stereocenters. The van der Waals surface area contributed by atoms with Crippen LogP contribution in [0.4, 0.5) is 0 Å². The van der Waals surface area contributed by atoms with Crippen molar-refractivity contribution in [1.29, 1.82) is 0 Å². The van der Waals surface area contributed by atoms with E-state index in [0.29, 0.717) is 13.0 Å². The topological polar surface area (TPSA) is 78.4 Å². The monoisotopic (exact) mass is 202 g/mol. The van der Waals surface area contributed by atoms with E-state index in [4.69, 9.17) is 5.11 Å². The molecule has 1 amide bonds. The second-order valence-corrected chi connectivity index (χ2v) is 3.34. The van der Waals surface area contributed by atoms with Crippen molar-refractivity contribution in [1.82, 2.24) is 10.6 Å². The van der Waals surface area contributed by atoms with Crippen molar-refractivity contribution in [2.45, 2.75) is 26.3 Å². The predicted molar refractivity (Wildman–Crippen MR) is 52.9 cm³/mol. The van der Waals surface area contributed by atoms with Gasteiger partial charge >= 0.3 is 5.97 Å². The third-order valence-corrected chi connectivity index (χ3v) is 2.13. The first kappa shape index (κ1) is 12.9. The SMILES string of the molecule is CNCCC(=O)NC(C)C(C)C(=O)O. The lowest BCUT2D eigenvalue weighted by Crippen LogP contribution is -2.40. The van der Waals surface area contributed by atoms with Gasteiger partial charge in [0, 0.05) is 19.0 Å². The van der Waals surface area contributed by atoms with Crippen molar-refractivity contribution in [3.05, 3.63) is 0 Å². The highest BCUT2D eigenvalue weighted by atomic mass is 16.4. The average Bonchev–Trinajstić information content (AvgIpc) is 2.13. The Morgan fingerprint density at radius 1 is 1.36 bits per heavy atom. The molecule has 82 valence electrons. The van der Waals surface area contributed by atoms with E-state index in [1.54, 1.807) is 20.9 Å². The first-order valence-electron chi connectivity index (χ1n) is 4.65. The van der Waals surface area contributed by atoms with Gasteiger partial charge in [0.05, 0.1) is 5.92 Å². The highest BCUT2D eigenvalue weighted by Crippen LogP contribution is 2.02. The number of aliphatic carboxylic acids is 1. The summed E-state index contributed by atoms with van der Waals surface area (Å²) in [5, 5.41) is 14.2. The van der Waals surface area contributed by atoms with Gasteiger partial charge in [0.25, 0.3) is 0 Å². The first-order valence-corrected chi connectivity index (χ1v) is 4.65. The fraction of sp³-hybridized carbons (Fsp3) is 0.778. The van der Waals surface area contributed by atoms with E-state index in [9.17, 15) is 9.59 Å². The number of hydrogen-bond acceptors (Lipinski definition) is 3. The van der Waals surface area contributed by atoms with Crippen molar-refractivity contribution in [3.8, 4) is 0 Å². The molecule has 0 radical (unpaired) electrons.